The van der Waals surface area contributed by atoms with Gasteiger partial charge in [0.25, 0.3) is 0 Å². The molecule has 0 bridgehead atoms. The van der Waals surface area contributed by atoms with Crippen molar-refractivity contribution >= 4 is 39.5 Å². The summed E-state index contributed by atoms with van der Waals surface area (Å²) < 4.78 is 68.7. The molecule has 100 heavy (non-hydrogen) atoms. The van der Waals surface area contributed by atoms with E-state index in [0.29, 0.717) is 25.7 Å². The molecular formula is C81H158O17P2. The molecule has 0 saturated carbocycles. The Balaban J connectivity index is 5.22. The second-order valence-electron chi connectivity index (χ2n) is 30.4. The molecule has 0 saturated heterocycles. The van der Waals surface area contributed by atoms with E-state index in [1.807, 2.05) is 0 Å². The summed E-state index contributed by atoms with van der Waals surface area (Å²) in [4.78, 5) is 73.0. The fraction of sp³-hybridized carbons (Fsp3) is 0.951. The van der Waals surface area contributed by atoms with Crippen molar-refractivity contribution in [2.45, 2.75) is 439 Å². The smallest absolute Gasteiger partial charge is 0.462 e. The lowest BCUT2D eigenvalue weighted by atomic mass is 9.99. The van der Waals surface area contributed by atoms with Gasteiger partial charge in [-0.3, -0.25) is 37.3 Å². The monoisotopic (exact) mass is 1470 g/mol. The molecule has 0 spiro atoms. The van der Waals surface area contributed by atoms with E-state index in [-0.39, 0.29) is 25.7 Å². The minimum atomic E-state index is -4.96. The van der Waals surface area contributed by atoms with Gasteiger partial charge in [-0.2, -0.15) is 0 Å². The van der Waals surface area contributed by atoms with Gasteiger partial charge in [0.1, 0.15) is 19.3 Å². The number of esters is 4. The molecule has 0 radical (unpaired) electrons. The van der Waals surface area contributed by atoms with E-state index in [0.717, 1.165) is 108 Å². The van der Waals surface area contributed by atoms with Crippen molar-refractivity contribution in [3.8, 4) is 0 Å². The zero-order chi connectivity index (χ0) is 73.7. The molecule has 19 heteroatoms. The minimum Gasteiger partial charge on any atom is -0.462 e. The number of phosphoric ester groups is 2. The van der Waals surface area contributed by atoms with E-state index in [1.165, 1.54) is 231 Å². The van der Waals surface area contributed by atoms with Crippen LogP contribution in [0.25, 0.3) is 0 Å². The van der Waals surface area contributed by atoms with Crippen LogP contribution in [0.2, 0.25) is 0 Å². The summed E-state index contributed by atoms with van der Waals surface area (Å²) >= 11 is 0. The Hall–Kier alpha value is -1.94. The van der Waals surface area contributed by atoms with Crippen LogP contribution in [-0.2, 0) is 65.4 Å². The van der Waals surface area contributed by atoms with Crippen molar-refractivity contribution in [2.24, 2.45) is 17.8 Å². The van der Waals surface area contributed by atoms with Crippen molar-refractivity contribution in [3.63, 3.8) is 0 Å². The first-order valence-electron chi connectivity index (χ1n) is 41.9. The van der Waals surface area contributed by atoms with E-state index in [2.05, 4.69) is 48.5 Å². The maximum absolute atomic E-state index is 13.1. The van der Waals surface area contributed by atoms with Crippen LogP contribution < -0.4 is 0 Å². The third-order valence-electron chi connectivity index (χ3n) is 19.2. The van der Waals surface area contributed by atoms with E-state index in [1.54, 1.807) is 0 Å². The van der Waals surface area contributed by atoms with Crippen molar-refractivity contribution in [1.29, 1.82) is 0 Å². The van der Waals surface area contributed by atoms with Crippen LogP contribution in [0.4, 0.5) is 0 Å². The molecule has 17 nitrogen and oxygen atoms in total. The molecule has 0 heterocycles. The fourth-order valence-electron chi connectivity index (χ4n) is 12.5. The summed E-state index contributed by atoms with van der Waals surface area (Å²) in [5.41, 5.74) is 0. The number of carbonyl (C=O) groups is 4. The number of carbonyl (C=O) groups excluding carboxylic acids is 4. The Morgan fingerprint density at radius 3 is 0.760 bits per heavy atom. The zero-order valence-corrected chi connectivity index (χ0v) is 67.5. The van der Waals surface area contributed by atoms with Crippen LogP contribution in [0.5, 0.6) is 0 Å². The number of aliphatic hydroxyl groups excluding tert-OH is 1. The lowest BCUT2D eigenvalue weighted by Gasteiger charge is -2.21. The summed E-state index contributed by atoms with van der Waals surface area (Å²) in [5, 5.41) is 10.6. The molecule has 0 aromatic rings. The quantitative estimate of drug-likeness (QED) is 0.0222. The highest BCUT2D eigenvalue weighted by molar-refractivity contribution is 7.47. The Bertz CT molecular complexity index is 1940. The van der Waals surface area contributed by atoms with E-state index < -0.39 is 97.5 Å². The third-order valence-corrected chi connectivity index (χ3v) is 21.1. The van der Waals surface area contributed by atoms with Crippen LogP contribution in [0, 0.1) is 17.8 Å². The second-order valence-corrected chi connectivity index (χ2v) is 33.3. The zero-order valence-electron chi connectivity index (χ0n) is 65.7. The Labute approximate surface area is 613 Å². The first-order valence-corrected chi connectivity index (χ1v) is 44.9. The maximum Gasteiger partial charge on any atom is 0.472 e. The predicted molar refractivity (Wildman–Crippen MR) is 409 cm³/mol. The highest BCUT2D eigenvalue weighted by atomic mass is 31.2. The van der Waals surface area contributed by atoms with Crippen LogP contribution >= 0.6 is 15.6 Å². The van der Waals surface area contributed by atoms with Crippen LogP contribution in [0.1, 0.15) is 421 Å². The summed E-state index contributed by atoms with van der Waals surface area (Å²) in [7, 11) is -9.92. The van der Waals surface area contributed by atoms with Gasteiger partial charge in [0.05, 0.1) is 26.4 Å². The molecule has 3 N–H and O–H groups in total. The van der Waals surface area contributed by atoms with Crippen molar-refractivity contribution in [3.05, 3.63) is 0 Å². The first-order chi connectivity index (χ1) is 48.3. The number of unbranched alkanes of at least 4 members (excludes halogenated alkanes) is 46. The number of ether oxygens (including phenoxy) is 4. The number of aliphatic hydroxyl groups is 1. The maximum atomic E-state index is 13.1. The number of hydrogen-bond donors (Lipinski definition) is 3. The van der Waals surface area contributed by atoms with E-state index in [9.17, 15) is 43.2 Å². The molecule has 0 aliphatic rings. The van der Waals surface area contributed by atoms with Gasteiger partial charge < -0.3 is 33.8 Å². The topological polar surface area (TPSA) is 237 Å². The highest BCUT2D eigenvalue weighted by Gasteiger charge is 2.30. The average molecular weight is 1470 g/mol. The summed E-state index contributed by atoms with van der Waals surface area (Å²) in [6, 6.07) is 0. The summed E-state index contributed by atoms with van der Waals surface area (Å²) in [6.07, 6.45) is 59.8. The Kier molecular flexibility index (Phi) is 69.9. The lowest BCUT2D eigenvalue weighted by molar-refractivity contribution is -0.161. The summed E-state index contributed by atoms with van der Waals surface area (Å²) in [6.45, 7) is 11.9. The molecule has 0 aliphatic carbocycles. The normalized spacial score (nSPS) is 14.2. The van der Waals surface area contributed by atoms with Gasteiger partial charge in [0, 0.05) is 25.7 Å². The van der Waals surface area contributed by atoms with Gasteiger partial charge in [-0.15, -0.1) is 0 Å². The molecule has 3 unspecified atom stereocenters. The molecule has 0 amide bonds. The largest absolute Gasteiger partial charge is 0.472 e. The Morgan fingerprint density at radius 1 is 0.290 bits per heavy atom. The molecule has 0 fully saturated rings. The number of phosphoric acid groups is 2. The van der Waals surface area contributed by atoms with Gasteiger partial charge in [-0.25, -0.2) is 9.13 Å². The first kappa shape index (κ1) is 98.1. The second kappa shape index (κ2) is 71.3. The van der Waals surface area contributed by atoms with Gasteiger partial charge >= 0.3 is 39.5 Å². The SMILES string of the molecule is CCCCCCCCCCCCCCCCCCCCCCCCC(=O)O[C@H](COC(=O)CCCCCCCCCCCCC(C)C)COP(=O)(O)OC[C@@H](O)COP(=O)(O)OC[C@@H](COC(=O)CCCCCCCCCCC(C)CC)OC(=O)CCCCCCCCCCCCC(C)C. The van der Waals surface area contributed by atoms with E-state index >= 15 is 0 Å². The van der Waals surface area contributed by atoms with Crippen molar-refractivity contribution < 1.29 is 80.2 Å². The highest BCUT2D eigenvalue weighted by Crippen LogP contribution is 2.45. The lowest BCUT2D eigenvalue weighted by Crippen LogP contribution is -2.30. The van der Waals surface area contributed by atoms with Crippen molar-refractivity contribution in [2.75, 3.05) is 39.6 Å². The van der Waals surface area contributed by atoms with Gasteiger partial charge in [-0.1, -0.05) is 370 Å². The van der Waals surface area contributed by atoms with E-state index in [4.69, 9.17) is 37.0 Å². The molecule has 0 aromatic carbocycles. The predicted octanol–water partition coefficient (Wildman–Crippen LogP) is 24.1. The summed E-state index contributed by atoms with van der Waals surface area (Å²) in [5.74, 6) is 0.174. The molecule has 594 valence electrons. The minimum absolute atomic E-state index is 0.105. The van der Waals surface area contributed by atoms with Gasteiger partial charge in [0.2, 0.25) is 0 Å². The van der Waals surface area contributed by atoms with Gasteiger partial charge in [-0.05, 0) is 43.4 Å². The standard InChI is InChI=1S/C81H158O17P2/c1-8-10-11-12-13-14-15-16-17-18-19-20-21-22-23-24-25-26-34-43-50-57-64-80(85)97-76(68-91-78(83)62-55-48-41-33-29-27-31-38-45-52-59-72(3)4)70-95-99(87,88)93-66-75(82)67-94-100(89,90)96-71-77(69-92-79(84)63-56-49-42-37-36-40-47-54-61-74(7)9-2)98-81(86)65-58-51-44-35-30-28-32-39-46-53-60-73(5)6/h72-77,82H,8-71H2,1-7H3,(H,87,88)(H,89,90)/t74?,75-,76-,77-/m1/s1. The Morgan fingerprint density at radius 2 is 0.510 bits per heavy atom. The molecular weight excluding hydrogens is 1310 g/mol. The fourth-order valence-corrected chi connectivity index (χ4v) is 14.0. The van der Waals surface area contributed by atoms with Gasteiger partial charge in [0.15, 0.2) is 12.2 Å². The third kappa shape index (κ3) is 73.0. The number of rotatable bonds is 79. The van der Waals surface area contributed by atoms with Crippen LogP contribution in [0.15, 0.2) is 0 Å². The van der Waals surface area contributed by atoms with Crippen molar-refractivity contribution in [1.82, 2.24) is 0 Å². The number of hydrogen-bond acceptors (Lipinski definition) is 15. The van der Waals surface area contributed by atoms with Crippen LogP contribution in [0.3, 0.4) is 0 Å². The molecule has 0 aromatic heterocycles. The molecule has 0 aliphatic heterocycles. The molecule has 6 atom stereocenters. The molecule has 0 rings (SSSR count). The average Bonchev–Trinajstić information content (AvgIpc) is 0.946. The van der Waals surface area contributed by atoms with Crippen LogP contribution in [-0.4, -0.2) is 96.7 Å².